The molecule has 0 N–H and O–H groups in total. The van der Waals surface area contributed by atoms with E-state index < -0.39 is 0 Å². The lowest BCUT2D eigenvalue weighted by Crippen LogP contribution is -2.12. The topological polar surface area (TPSA) is 16.4 Å². The molecule has 0 aliphatic heterocycles. The lowest BCUT2D eigenvalue weighted by Gasteiger charge is -2.30. The molecule has 0 fully saturated rings. The lowest BCUT2D eigenvalue weighted by atomic mass is 9.94. The van der Waals surface area contributed by atoms with Crippen molar-refractivity contribution in [1.29, 1.82) is 0 Å². The molecule has 11 aromatic rings. The molecule has 0 bridgehead atoms. The summed E-state index contributed by atoms with van der Waals surface area (Å²) < 4.78 is 6.46. The van der Waals surface area contributed by atoms with Crippen LogP contribution in [-0.4, -0.2) is 0 Å². The minimum absolute atomic E-state index is 0.902. The Bertz CT molecular complexity index is 3280. The maximum atomic E-state index is 6.46. The van der Waals surface area contributed by atoms with Gasteiger partial charge in [0.05, 0.1) is 11.4 Å². The lowest BCUT2D eigenvalue weighted by molar-refractivity contribution is 0.670. The van der Waals surface area contributed by atoms with Gasteiger partial charge in [-0.1, -0.05) is 188 Å². The van der Waals surface area contributed by atoms with Crippen LogP contribution in [0.1, 0.15) is 0 Å². The van der Waals surface area contributed by atoms with Crippen LogP contribution in [0.5, 0.6) is 0 Å². The Kier molecular flexibility index (Phi) is 8.19. The predicted molar refractivity (Wildman–Crippen MR) is 245 cm³/mol. The third-order valence-electron chi connectivity index (χ3n) is 11.5. The largest absolute Gasteiger partial charge is 0.455 e. The first-order valence-electron chi connectivity index (χ1n) is 19.8. The first kappa shape index (κ1) is 33.6. The van der Waals surface area contributed by atoms with Crippen molar-refractivity contribution in [3.8, 4) is 44.5 Å². The SMILES string of the molecule is c1ccc(N(c2ccc(-c3cccc4c3oc3ccccc34)cc2)c2ccccc2-c2cccc3ccccc23)c(-c2ccc(-c3ccc4ccccc4c3)cc2)c1. The van der Waals surface area contributed by atoms with Crippen LogP contribution in [-0.2, 0) is 0 Å². The standard InChI is InChI=1S/C56H37NO/c1-2-15-43-37-44(32-29-38(43)13-1)39-27-30-41(31-28-39)47-18-5-8-24-53(47)57(54-25-9-6-19-50(54)49-22-11-16-40-14-3-4-17-46(40)49)45-35-33-42(34-36-45)48-21-12-23-52-51-20-7-10-26-55(51)58-56(48)52/h1-37H. The molecule has 0 spiro atoms. The number of fused-ring (bicyclic) bond motifs is 5. The molecule has 10 aromatic carbocycles. The predicted octanol–water partition coefficient (Wildman–Crippen LogP) is 16.0. The Morgan fingerprint density at radius 1 is 0.293 bits per heavy atom. The number of para-hydroxylation sites is 4. The Morgan fingerprint density at radius 3 is 1.64 bits per heavy atom. The van der Waals surface area contributed by atoms with Crippen molar-refractivity contribution in [3.05, 3.63) is 224 Å². The molecule has 0 unspecified atom stereocenters. The van der Waals surface area contributed by atoms with Gasteiger partial charge in [-0.05, 0) is 85.8 Å². The zero-order valence-electron chi connectivity index (χ0n) is 31.7. The number of hydrogen-bond acceptors (Lipinski definition) is 2. The van der Waals surface area contributed by atoms with E-state index >= 15 is 0 Å². The summed E-state index contributed by atoms with van der Waals surface area (Å²) in [5.41, 5.74) is 14.3. The van der Waals surface area contributed by atoms with Gasteiger partial charge in [-0.2, -0.15) is 0 Å². The second kappa shape index (κ2) is 14.1. The summed E-state index contributed by atoms with van der Waals surface area (Å²) in [7, 11) is 0. The second-order valence-corrected chi connectivity index (χ2v) is 14.9. The summed E-state index contributed by atoms with van der Waals surface area (Å²) in [6.07, 6.45) is 0. The Labute approximate surface area is 337 Å². The van der Waals surface area contributed by atoms with Crippen LogP contribution in [0.15, 0.2) is 229 Å². The molecule has 0 saturated carbocycles. The normalized spacial score (nSPS) is 11.4. The average molecular weight is 740 g/mol. The van der Waals surface area contributed by atoms with E-state index in [0.717, 1.165) is 66.8 Å². The zero-order chi connectivity index (χ0) is 38.4. The van der Waals surface area contributed by atoms with Gasteiger partial charge in [0, 0.05) is 33.2 Å². The van der Waals surface area contributed by atoms with Crippen molar-refractivity contribution in [2.24, 2.45) is 0 Å². The van der Waals surface area contributed by atoms with Gasteiger partial charge in [0.2, 0.25) is 0 Å². The molecule has 2 heteroatoms. The van der Waals surface area contributed by atoms with E-state index in [2.05, 4.69) is 217 Å². The summed E-state index contributed by atoms with van der Waals surface area (Å²) in [6, 6.07) is 80.7. The maximum absolute atomic E-state index is 6.46. The van der Waals surface area contributed by atoms with Crippen molar-refractivity contribution < 1.29 is 4.42 Å². The van der Waals surface area contributed by atoms with E-state index in [0.29, 0.717) is 0 Å². The van der Waals surface area contributed by atoms with Crippen molar-refractivity contribution in [2.75, 3.05) is 4.90 Å². The molecule has 11 rings (SSSR count). The summed E-state index contributed by atoms with van der Waals surface area (Å²) >= 11 is 0. The summed E-state index contributed by atoms with van der Waals surface area (Å²) in [6.45, 7) is 0. The van der Waals surface area contributed by atoms with E-state index in [9.17, 15) is 0 Å². The van der Waals surface area contributed by atoms with Crippen molar-refractivity contribution in [3.63, 3.8) is 0 Å². The molecule has 2 nitrogen and oxygen atoms in total. The third-order valence-corrected chi connectivity index (χ3v) is 11.5. The highest BCUT2D eigenvalue weighted by Crippen LogP contribution is 2.46. The molecule has 1 aromatic heterocycles. The monoisotopic (exact) mass is 739 g/mol. The number of furan rings is 1. The van der Waals surface area contributed by atoms with Gasteiger partial charge in [0.15, 0.2) is 0 Å². The number of rotatable bonds is 7. The molecule has 272 valence electrons. The molecule has 0 aliphatic rings. The van der Waals surface area contributed by atoms with Gasteiger partial charge in [-0.3, -0.25) is 0 Å². The molecule has 0 amide bonds. The Balaban J connectivity index is 1.06. The molecular formula is C56H37NO. The van der Waals surface area contributed by atoms with Crippen molar-refractivity contribution in [2.45, 2.75) is 0 Å². The molecule has 0 saturated heterocycles. The first-order chi connectivity index (χ1) is 28.8. The van der Waals surface area contributed by atoms with Crippen LogP contribution in [0.25, 0.3) is 88.0 Å². The fourth-order valence-electron chi connectivity index (χ4n) is 8.65. The highest BCUT2D eigenvalue weighted by molar-refractivity contribution is 6.10. The minimum atomic E-state index is 0.902. The molecule has 1 heterocycles. The average Bonchev–Trinajstić information content (AvgIpc) is 3.69. The fourth-order valence-corrected chi connectivity index (χ4v) is 8.65. The van der Waals surface area contributed by atoms with Crippen molar-refractivity contribution >= 4 is 60.5 Å². The maximum Gasteiger partial charge on any atom is 0.143 e. The van der Waals surface area contributed by atoms with Gasteiger partial charge in [-0.15, -0.1) is 0 Å². The Hall–Kier alpha value is -7.68. The minimum Gasteiger partial charge on any atom is -0.455 e. The van der Waals surface area contributed by atoms with E-state index in [1.54, 1.807) is 0 Å². The summed E-state index contributed by atoms with van der Waals surface area (Å²) in [5, 5.41) is 7.20. The van der Waals surface area contributed by atoms with Gasteiger partial charge in [0.25, 0.3) is 0 Å². The molecule has 0 aliphatic carbocycles. The number of nitrogens with zero attached hydrogens (tertiary/aromatic N) is 1. The quantitative estimate of drug-likeness (QED) is 0.162. The van der Waals surface area contributed by atoms with Crippen LogP contribution in [0, 0.1) is 0 Å². The van der Waals surface area contributed by atoms with Gasteiger partial charge >= 0.3 is 0 Å². The number of hydrogen-bond donors (Lipinski definition) is 0. The molecular weight excluding hydrogens is 703 g/mol. The smallest absolute Gasteiger partial charge is 0.143 e. The van der Waals surface area contributed by atoms with Crippen LogP contribution in [0.2, 0.25) is 0 Å². The second-order valence-electron chi connectivity index (χ2n) is 14.9. The van der Waals surface area contributed by atoms with Gasteiger partial charge in [0.1, 0.15) is 11.2 Å². The van der Waals surface area contributed by atoms with Gasteiger partial charge < -0.3 is 9.32 Å². The van der Waals surface area contributed by atoms with E-state index in [-0.39, 0.29) is 0 Å². The van der Waals surface area contributed by atoms with Crippen LogP contribution in [0.3, 0.4) is 0 Å². The van der Waals surface area contributed by atoms with E-state index in [1.165, 1.54) is 38.2 Å². The first-order valence-corrected chi connectivity index (χ1v) is 19.8. The van der Waals surface area contributed by atoms with Crippen LogP contribution >= 0.6 is 0 Å². The number of anilines is 3. The van der Waals surface area contributed by atoms with Gasteiger partial charge in [-0.25, -0.2) is 0 Å². The fraction of sp³-hybridized carbons (Fsp3) is 0. The summed E-state index contributed by atoms with van der Waals surface area (Å²) in [5.74, 6) is 0. The van der Waals surface area contributed by atoms with Crippen LogP contribution < -0.4 is 4.90 Å². The van der Waals surface area contributed by atoms with Crippen LogP contribution in [0.4, 0.5) is 17.1 Å². The molecule has 58 heavy (non-hydrogen) atoms. The molecule has 0 radical (unpaired) electrons. The highest BCUT2D eigenvalue weighted by Gasteiger charge is 2.22. The third kappa shape index (κ3) is 5.82. The summed E-state index contributed by atoms with van der Waals surface area (Å²) in [4.78, 5) is 2.43. The Morgan fingerprint density at radius 2 is 0.810 bits per heavy atom. The van der Waals surface area contributed by atoms with E-state index in [1.807, 2.05) is 12.1 Å². The molecule has 0 atom stereocenters. The van der Waals surface area contributed by atoms with Crippen molar-refractivity contribution in [1.82, 2.24) is 0 Å². The number of benzene rings is 10. The highest BCUT2D eigenvalue weighted by atomic mass is 16.3. The zero-order valence-corrected chi connectivity index (χ0v) is 31.7. The van der Waals surface area contributed by atoms with E-state index in [4.69, 9.17) is 4.42 Å².